The van der Waals surface area contributed by atoms with Crippen LogP contribution in [0, 0.1) is 12.7 Å². The quantitative estimate of drug-likeness (QED) is 0.624. The van der Waals surface area contributed by atoms with Crippen LogP contribution in [0.2, 0.25) is 0 Å². The van der Waals surface area contributed by atoms with Gasteiger partial charge < -0.3 is 20.1 Å². The molecule has 2 heterocycles. The minimum Gasteiger partial charge on any atom is -0.507 e. The predicted octanol–water partition coefficient (Wildman–Crippen LogP) is 4.55. The van der Waals surface area contributed by atoms with Crippen LogP contribution in [0.15, 0.2) is 36.4 Å². The van der Waals surface area contributed by atoms with Crippen LogP contribution in [0.4, 0.5) is 15.0 Å². The number of aromatic hydroxyl groups is 1. The number of alkyl carbamates (subject to hydrolysis) is 1. The highest BCUT2D eigenvalue weighted by Gasteiger charge is 2.29. The van der Waals surface area contributed by atoms with Gasteiger partial charge in [-0.15, -0.1) is 0 Å². The van der Waals surface area contributed by atoms with Crippen LogP contribution in [-0.2, 0) is 4.74 Å². The van der Waals surface area contributed by atoms with Gasteiger partial charge in [-0.05, 0) is 63.9 Å². The van der Waals surface area contributed by atoms with Crippen molar-refractivity contribution in [1.29, 1.82) is 0 Å². The van der Waals surface area contributed by atoms with Gasteiger partial charge in [-0.3, -0.25) is 0 Å². The van der Waals surface area contributed by atoms with Gasteiger partial charge in [-0.1, -0.05) is 12.1 Å². The molecule has 0 unspecified atom stereocenters. The normalized spacial score (nSPS) is 16.4. The fourth-order valence-corrected chi connectivity index (χ4v) is 3.85. The minimum absolute atomic E-state index is 0.0280. The molecule has 1 fully saturated rings. The van der Waals surface area contributed by atoms with E-state index < -0.39 is 17.5 Å². The Bertz CT molecular complexity index is 1160. The van der Waals surface area contributed by atoms with Crippen molar-refractivity contribution in [2.24, 2.45) is 0 Å². The first-order chi connectivity index (χ1) is 15.1. The lowest BCUT2D eigenvalue weighted by Gasteiger charge is -2.23. The second-order valence-corrected chi connectivity index (χ2v) is 9.10. The van der Waals surface area contributed by atoms with Crippen molar-refractivity contribution in [3.8, 4) is 17.1 Å². The molecule has 7 nitrogen and oxygen atoms in total. The molecule has 2 aromatic carbocycles. The number of anilines is 1. The van der Waals surface area contributed by atoms with Gasteiger partial charge in [0, 0.05) is 18.5 Å². The number of phenolic OH excluding ortho intramolecular Hbond substituents is 1. The topological polar surface area (TPSA) is 87.6 Å². The number of aromatic nitrogens is 2. The van der Waals surface area contributed by atoms with Crippen LogP contribution < -0.4 is 10.2 Å². The van der Waals surface area contributed by atoms with Crippen molar-refractivity contribution in [3.63, 3.8) is 0 Å². The number of rotatable bonds is 3. The Balaban J connectivity index is 1.69. The van der Waals surface area contributed by atoms with Crippen LogP contribution in [0.5, 0.6) is 5.75 Å². The maximum atomic E-state index is 14.6. The van der Waals surface area contributed by atoms with Gasteiger partial charge >= 0.3 is 6.09 Å². The molecule has 0 aliphatic carbocycles. The van der Waals surface area contributed by atoms with E-state index in [1.165, 1.54) is 18.2 Å². The van der Waals surface area contributed by atoms with Crippen LogP contribution >= 0.6 is 0 Å². The fraction of sp³-hybridized carbons (Fsp3) is 0.375. The molecule has 1 atom stereocenters. The number of aryl methyl sites for hydroxylation is 1. The summed E-state index contributed by atoms with van der Waals surface area (Å²) in [5, 5.41) is 14.0. The summed E-state index contributed by atoms with van der Waals surface area (Å²) in [6, 6.07) is 9.85. The molecule has 0 bridgehead atoms. The van der Waals surface area contributed by atoms with Crippen LogP contribution in [0.3, 0.4) is 0 Å². The Kier molecular flexibility index (Phi) is 5.62. The number of amides is 1. The van der Waals surface area contributed by atoms with Gasteiger partial charge in [0.05, 0.1) is 17.1 Å². The van der Waals surface area contributed by atoms with Crippen LogP contribution in [0.1, 0.15) is 32.8 Å². The Morgan fingerprint density at radius 1 is 1.25 bits per heavy atom. The number of carbonyl (C=O) groups excluding carboxylic acids is 1. The summed E-state index contributed by atoms with van der Waals surface area (Å²) in [6.07, 6.45) is 0.265. The molecule has 8 heteroatoms. The Labute approximate surface area is 186 Å². The summed E-state index contributed by atoms with van der Waals surface area (Å²) < 4.78 is 19.9. The van der Waals surface area contributed by atoms with E-state index in [1.807, 2.05) is 50.8 Å². The van der Waals surface area contributed by atoms with Gasteiger partial charge in [0.25, 0.3) is 0 Å². The molecule has 168 valence electrons. The van der Waals surface area contributed by atoms with E-state index in [2.05, 4.69) is 15.3 Å². The number of hydrogen-bond donors (Lipinski definition) is 2. The van der Waals surface area contributed by atoms with Crippen LogP contribution in [-0.4, -0.2) is 45.9 Å². The first-order valence-corrected chi connectivity index (χ1v) is 10.6. The smallest absolute Gasteiger partial charge is 0.407 e. The number of halogens is 1. The third-order valence-corrected chi connectivity index (χ3v) is 5.26. The molecule has 0 saturated carbocycles. The van der Waals surface area contributed by atoms with Crippen molar-refractivity contribution in [2.45, 2.75) is 45.8 Å². The monoisotopic (exact) mass is 438 g/mol. The van der Waals surface area contributed by atoms with E-state index in [1.54, 1.807) is 0 Å². The van der Waals surface area contributed by atoms with E-state index in [0.717, 1.165) is 17.4 Å². The van der Waals surface area contributed by atoms with E-state index in [0.29, 0.717) is 24.4 Å². The first-order valence-electron chi connectivity index (χ1n) is 10.6. The van der Waals surface area contributed by atoms with E-state index in [4.69, 9.17) is 4.74 Å². The van der Waals surface area contributed by atoms with Gasteiger partial charge in [-0.2, -0.15) is 0 Å². The molecule has 1 aliphatic rings. The van der Waals surface area contributed by atoms with Crippen molar-refractivity contribution < 1.29 is 19.0 Å². The molecular weight excluding hydrogens is 411 g/mol. The minimum atomic E-state index is -0.589. The summed E-state index contributed by atoms with van der Waals surface area (Å²) in [5.41, 5.74) is 1.08. The van der Waals surface area contributed by atoms with E-state index in [9.17, 15) is 14.3 Å². The number of benzene rings is 2. The third-order valence-electron chi connectivity index (χ3n) is 5.26. The lowest BCUT2D eigenvalue weighted by atomic mass is 10.1. The molecule has 3 aromatic rings. The molecule has 4 rings (SSSR count). The average molecular weight is 439 g/mol. The summed E-state index contributed by atoms with van der Waals surface area (Å²) in [4.78, 5) is 23.4. The predicted molar refractivity (Wildman–Crippen MR) is 121 cm³/mol. The second kappa shape index (κ2) is 8.26. The molecule has 1 amide bonds. The summed E-state index contributed by atoms with van der Waals surface area (Å²) in [6.45, 7) is 8.61. The Morgan fingerprint density at radius 3 is 2.75 bits per heavy atom. The lowest BCUT2D eigenvalue weighted by Crippen LogP contribution is -2.40. The highest BCUT2D eigenvalue weighted by Crippen LogP contribution is 2.34. The SMILES string of the molecule is Cc1ccc2c(N3CC[C@@H](NC(=O)OC(C)(C)C)C3)nc(-c3c(O)cccc3F)nc2c1. The van der Waals surface area contributed by atoms with Gasteiger partial charge in [-0.25, -0.2) is 19.2 Å². The fourth-order valence-electron chi connectivity index (χ4n) is 3.85. The van der Waals surface area contributed by atoms with Gasteiger partial charge in [0.2, 0.25) is 0 Å². The number of phenols is 1. The third kappa shape index (κ3) is 4.59. The molecule has 0 spiro atoms. The zero-order chi connectivity index (χ0) is 23.0. The lowest BCUT2D eigenvalue weighted by molar-refractivity contribution is 0.0509. The number of ether oxygens (including phenoxy) is 1. The van der Waals surface area contributed by atoms with Crippen molar-refractivity contribution >= 4 is 22.8 Å². The average Bonchev–Trinajstić information content (AvgIpc) is 3.13. The summed E-state index contributed by atoms with van der Waals surface area (Å²) in [5.74, 6) is -0.0407. The van der Waals surface area contributed by atoms with Crippen molar-refractivity contribution in [2.75, 3.05) is 18.0 Å². The van der Waals surface area contributed by atoms with E-state index >= 15 is 0 Å². The molecule has 1 aliphatic heterocycles. The molecule has 1 aromatic heterocycles. The molecule has 32 heavy (non-hydrogen) atoms. The molecule has 0 radical (unpaired) electrons. The largest absolute Gasteiger partial charge is 0.507 e. The number of fused-ring (bicyclic) bond motifs is 1. The van der Waals surface area contributed by atoms with Gasteiger partial charge in [0.1, 0.15) is 23.0 Å². The molecule has 2 N–H and O–H groups in total. The number of carbonyl (C=O) groups is 1. The second-order valence-electron chi connectivity index (χ2n) is 9.10. The van der Waals surface area contributed by atoms with Crippen molar-refractivity contribution in [3.05, 3.63) is 47.8 Å². The first kappa shape index (κ1) is 21.8. The van der Waals surface area contributed by atoms with E-state index in [-0.39, 0.29) is 23.2 Å². The van der Waals surface area contributed by atoms with Crippen molar-refractivity contribution in [1.82, 2.24) is 15.3 Å². The Morgan fingerprint density at radius 2 is 2.03 bits per heavy atom. The zero-order valence-electron chi connectivity index (χ0n) is 18.6. The maximum absolute atomic E-state index is 14.6. The zero-order valence-corrected chi connectivity index (χ0v) is 18.6. The summed E-state index contributed by atoms with van der Waals surface area (Å²) in [7, 11) is 0. The highest BCUT2D eigenvalue weighted by molar-refractivity contribution is 5.92. The standard InChI is InChI=1S/C24H27FN4O3/c1-14-8-9-16-18(12-14)27-21(20-17(25)6-5-7-19(20)30)28-22(16)29-11-10-15(13-29)26-23(31)32-24(2,3)4/h5-9,12,15,30H,10-11,13H2,1-4H3,(H,26,31)/t15-/m1/s1. The van der Waals surface area contributed by atoms with Crippen LogP contribution in [0.25, 0.3) is 22.3 Å². The maximum Gasteiger partial charge on any atom is 0.407 e. The summed E-state index contributed by atoms with van der Waals surface area (Å²) >= 11 is 0. The number of hydrogen-bond acceptors (Lipinski definition) is 6. The van der Waals surface area contributed by atoms with Gasteiger partial charge in [0.15, 0.2) is 5.82 Å². The molecular formula is C24H27FN4O3. The highest BCUT2D eigenvalue weighted by atomic mass is 19.1. The number of nitrogens with one attached hydrogen (secondary N) is 1. The number of nitrogens with zero attached hydrogens (tertiary/aromatic N) is 3. The molecule has 1 saturated heterocycles. The Hall–Kier alpha value is -3.42.